The zero-order valence-corrected chi connectivity index (χ0v) is 8.92. The first-order valence-electron chi connectivity index (χ1n) is 4.33. The van der Waals surface area contributed by atoms with Gasteiger partial charge in [0.2, 0.25) is 0 Å². The van der Waals surface area contributed by atoms with Crippen LogP contribution in [-0.4, -0.2) is 17.3 Å². The first-order chi connectivity index (χ1) is 6.02. The highest BCUT2D eigenvalue weighted by Gasteiger charge is 2.15. The molecule has 1 unspecified atom stereocenters. The summed E-state index contributed by atoms with van der Waals surface area (Å²) in [5.41, 5.74) is 0. The van der Waals surface area contributed by atoms with Gasteiger partial charge in [-0.3, -0.25) is 4.79 Å². The first-order valence-corrected chi connectivity index (χ1v) is 5.46. The van der Waals surface area contributed by atoms with Gasteiger partial charge in [-0.1, -0.05) is 20.3 Å². The van der Waals surface area contributed by atoms with Gasteiger partial charge >= 0.3 is 8.25 Å². The fourth-order valence-corrected chi connectivity index (χ4v) is 1.16. The molecule has 0 heterocycles. The summed E-state index contributed by atoms with van der Waals surface area (Å²) < 4.78 is 14.3. The predicted octanol–water partition coefficient (Wildman–Crippen LogP) is 2.05. The van der Waals surface area contributed by atoms with E-state index in [9.17, 15) is 9.36 Å². The Labute approximate surface area is 79.2 Å². The molecule has 13 heavy (non-hydrogen) atoms. The Morgan fingerprint density at radius 2 is 2.15 bits per heavy atom. The minimum absolute atomic E-state index is 0.113. The normalized spacial score (nSPS) is 11.8. The van der Waals surface area contributed by atoms with Crippen LogP contribution in [0.15, 0.2) is 0 Å². The Morgan fingerprint density at radius 1 is 1.54 bits per heavy atom. The molecule has 0 fully saturated rings. The number of ketones is 1. The van der Waals surface area contributed by atoms with Crippen LogP contribution in [0, 0.1) is 5.92 Å². The van der Waals surface area contributed by atoms with E-state index < -0.39 is 8.25 Å². The number of carbonyl (C=O) groups is 1. The summed E-state index contributed by atoms with van der Waals surface area (Å²) in [5, 5.41) is 0. The Morgan fingerprint density at radius 3 is 2.62 bits per heavy atom. The molecular formula is C8H16O4P+. The summed E-state index contributed by atoms with van der Waals surface area (Å²) in [6, 6.07) is 0. The second-order valence-electron chi connectivity index (χ2n) is 3.34. The van der Waals surface area contributed by atoms with Gasteiger partial charge in [-0.25, -0.2) is 0 Å². The fourth-order valence-electron chi connectivity index (χ4n) is 0.907. The predicted molar refractivity (Wildman–Crippen MR) is 49.5 cm³/mol. The molecule has 0 bridgehead atoms. The van der Waals surface area contributed by atoms with Gasteiger partial charge in [-0.2, -0.15) is 0 Å². The highest BCUT2D eigenvalue weighted by atomic mass is 31.1. The average Bonchev–Trinajstić information content (AvgIpc) is 2.00. The Kier molecular flexibility index (Phi) is 6.96. The molecule has 0 rings (SSSR count). The molecule has 0 aromatic rings. The van der Waals surface area contributed by atoms with Crippen molar-refractivity contribution in [2.45, 2.75) is 33.1 Å². The van der Waals surface area contributed by atoms with Crippen LogP contribution in [0.5, 0.6) is 0 Å². The lowest BCUT2D eigenvalue weighted by atomic mass is 10.1. The van der Waals surface area contributed by atoms with E-state index in [1.807, 2.05) is 0 Å². The molecule has 5 heteroatoms. The quantitative estimate of drug-likeness (QED) is 0.649. The van der Waals surface area contributed by atoms with Gasteiger partial charge in [-0.15, -0.1) is 9.42 Å². The molecule has 0 radical (unpaired) electrons. The van der Waals surface area contributed by atoms with Crippen molar-refractivity contribution in [1.82, 2.24) is 0 Å². The number of Topliss-reactive ketones (excluding diaryl/α,β-unsaturated/α-hetero) is 1. The summed E-state index contributed by atoms with van der Waals surface area (Å²) in [7, 11) is -2.63. The van der Waals surface area contributed by atoms with Gasteiger partial charge in [0.1, 0.15) is 0 Å². The molecule has 0 saturated heterocycles. The molecule has 0 saturated carbocycles. The third-order valence-electron chi connectivity index (χ3n) is 1.57. The lowest BCUT2D eigenvalue weighted by Crippen LogP contribution is -2.05. The van der Waals surface area contributed by atoms with Gasteiger partial charge in [0, 0.05) is 11.0 Å². The van der Waals surface area contributed by atoms with Crippen LogP contribution in [0.3, 0.4) is 0 Å². The standard InChI is InChI=1S/C8H15O4P/c1-7(2)4-3-5-8(9)6-12-13(10)11/h7H,3-6H2,1-2H3/p+1. The number of carbonyl (C=O) groups excluding carboxylic acids is 1. The largest absolute Gasteiger partial charge is 0.695 e. The molecule has 0 aliphatic heterocycles. The van der Waals surface area contributed by atoms with Crippen molar-refractivity contribution in [3.8, 4) is 0 Å². The monoisotopic (exact) mass is 207 g/mol. The molecule has 0 spiro atoms. The Hall–Kier alpha value is -0.310. The highest BCUT2D eigenvalue weighted by molar-refractivity contribution is 7.32. The highest BCUT2D eigenvalue weighted by Crippen LogP contribution is 2.14. The molecule has 1 atom stereocenters. The minimum atomic E-state index is -2.63. The maximum atomic E-state index is 11.0. The SMILES string of the molecule is CC(C)CCCC(=O)CO[P+](=O)O. The van der Waals surface area contributed by atoms with Crippen molar-refractivity contribution in [2.75, 3.05) is 6.61 Å². The van der Waals surface area contributed by atoms with Crippen LogP contribution in [-0.2, 0) is 13.9 Å². The van der Waals surface area contributed by atoms with Gasteiger partial charge in [0.15, 0.2) is 12.4 Å². The molecule has 0 aliphatic rings. The van der Waals surface area contributed by atoms with Crippen molar-refractivity contribution in [1.29, 1.82) is 0 Å². The lowest BCUT2D eigenvalue weighted by Gasteiger charge is -2.01. The van der Waals surface area contributed by atoms with E-state index in [2.05, 4.69) is 18.4 Å². The average molecular weight is 207 g/mol. The molecule has 0 aromatic carbocycles. The molecule has 0 aliphatic carbocycles. The first kappa shape index (κ1) is 12.7. The number of rotatable bonds is 7. The van der Waals surface area contributed by atoms with Crippen molar-refractivity contribution in [2.24, 2.45) is 5.92 Å². The van der Waals surface area contributed by atoms with Crippen LogP contribution < -0.4 is 0 Å². The third kappa shape index (κ3) is 9.61. The molecule has 4 nitrogen and oxygen atoms in total. The van der Waals surface area contributed by atoms with Crippen LogP contribution in [0.1, 0.15) is 33.1 Å². The summed E-state index contributed by atoms with van der Waals surface area (Å²) >= 11 is 0. The fraction of sp³-hybridized carbons (Fsp3) is 0.875. The van der Waals surface area contributed by atoms with Gasteiger partial charge < -0.3 is 0 Å². The second-order valence-corrected chi connectivity index (χ2v) is 4.07. The van der Waals surface area contributed by atoms with Crippen LogP contribution >= 0.6 is 8.25 Å². The van der Waals surface area contributed by atoms with E-state index in [0.717, 1.165) is 12.8 Å². The summed E-state index contributed by atoms with van der Waals surface area (Å²) in [6.07, 6.45) is 2.25. The van der Waals surface area contributed by atoms with E-state index in [0.29, 0.717) is 12.3 Å². The molecule has 0 amide bonds. The van der Waals surface area contributed by atoms with Gasteiger partial charge in [0.25, 0.3) is 0 Å². The summed E-state index contributed by atoms with van der Waals surface area (Å²) in [6.45, 7) is 3.93. The second kappa shape index (κ2) is 7.13. The Balaban J connectivity index is 3.36. The minimum Gasteiger partial charge on any atom is -0.297 e. The van der Waals surface area contributed by atoms with Crippen LogP contribution in [0.25, 0.3) is 0 Å². The summed E-state index contributed by atoms with van der Waals surface area (Å²) in [4.78, 5) is 19.2. The molecular weight excluding hydrogens is 191 g/mol. The van der Waals surface area contributed by atoms with Crippen molar-refractivity contribution in [3.05, 3.63) is 0 Å². The smallest absolute Gasteiger partial charge is 0.297 e. The van der Waals surface area contributed by atoms with E-state index in [4.69, 9.17) is 4.89 Å². The lowest BCUT2D eigenvalue weighted by molar-refractivity contribution is -0.121. The number of hydrogen-bond donors (Lipinski definition) is 1. The zero-order chi connectivity index (χ0) is 10.3. The van der Waals surface area contributed by atoms with Crippen molar-refractivity contribution < 1.29 is 18.8 Å². The van der Waals surface area contributed by atoms with Crippen molar-refractivity contribution in [3.63, 3.8) is 0 Å². The number of hydrogen-bond acceptors (Lipinski definition) is 3. The van der Waals surface area contributed by atoms with Crippen molar-refractivity contribution >= 4 is 14.0 Å². The van der Waals surface area contributed by atoms with E-state index in [-0.39, 0.29) is 12.4 Å². The maximum Gasteiger partial charge on any atom is 0.695 e. The molecule has 0 aromatic heterocycles. The maximum absolute atomic E-state index is 11.0. The Bertz CT molecular complexity index is 179. The van der Waals surface area contributed by atoms with Gasteiger partial charge in [-0.05, 0) is 12.3 Å². The van der Waals surface area contributed by atoms with E-state index in [1.165, 1.54) is 0 Å². The van der Waals surface area contributed by atoms with Gasteiger partial charge in [0.05, 0.1) is 0 Å². The van der Waals surface area contributed by atoms with Crippen LogP contribution in [0.2, 0.25) is 0 Å². The third-order valence-corrected chi connectivity index (χ3v) is 1.92. The summed E-state index contributed by atoms with van der Waals surface area (Å²) in [5.74, 6) is 0.473. The van der Waals surface area contributed by atoms with E-state index >= 15 is 0 Å². The molecule has 1 N–H and O–H groups in total. The molecule has 76 valence electrons. The van der Waals surface area contributed by atoms with E-state index in [1.54, 1.807) is 0 Å². The topological polar surface area (TPSA) is 63.6 Å². The van der Waals surface area contributed by atoms with Crippen LogP contribution in [0.4, 0.5) is 0 Å². The zero-order valence-electron chi connectivity index (χ0n) is 8.02.